The second-order valence-corrected chi connectivity index (χ2v) is 7.68. The van der Waals surface area contributed by atoms with Crippen molar-refractivity contribution in [3.8, 4) is 5.75 Å². The zero-order chi connectivity index (χ0) is 15.6. The lowest BCUT2D eigenvalue weighted by molar-refractivity contribution is -0.144. The summed E-state index contributed by atoms with van der Waals surface area (Å²) in [4.78, 5) is 11.4. The quantitative estimate of drug-likeness (QED) is 0.771. The Morgan fingerprint density at radius 1 is 1.48 bits per heavy atom. The van der Waals surface area contributed by atoms with Crippen LogP contribution < -0.4 is 4.74 Å². The normalized spacial score (nSPS) is 15.2. The summed E-state index contributed by atoms with van der Waals surface area (Å²) in [5, 5.41) is 0.491. The number of halogens is 1. The van der Waals surface area contributed by atoms with Crippen molar-refractivity contribution in [1.29, 1.82) is 0 Å². The summed E-state index contributed by atoms with van der Waals surface area (Å²) in [6.07, 6.45) is 0.724. The molecule has 0 spiro atoms. The van der Waals surface area contributed by atoms with Crippen LogP contribution >= 0.6 is 11.6 Å². The highest BCUT2D eigenvalue weighted by molar-refractivity contribution is 7.90. The van der Waals surface area contributed by atoms with Crippen LogP contribution in [0.15, 0.2) is 12.1 Å². The van der Waals surface area contributed by atoms with Gasteiger partial charge < -0.3 is 9.47 Å². The molecule has 0 aliphatic carbocycles. The third-order valence-corrected chi connectivity index (χ3v) is 5.29. The molecule has 0 fully saturated rings. The van der Waals surface area contributed by atoms with Gasteiger partial charge >= 0.3 is 5.97 Å². The van der Waals surface area contributed by atoms with Gasteiger partial charge in [0.05, 0.1) is 31.1 Å². The van der Waals surface area contributed by atoms with E-state index < -0.39 is 21.7 Å². The standard InChI is InChI=1S/C14H17ClO5S/c1-9(14(16)19-2)7-21(17,18)8-11-6-12(15)5-10-3-4-20-13(10)11/h5-6,9H,3-4,7-8H2,1-2H3. The van der Waals surface area contributed by atoms with Gasteiger partial charge in [-0.15, -0.1) is 0 Å². The molecule has 0 radical (unpaired) electrons. The van der Waals surface area contributed by atoms with E-state index in [0.717, 1.165) is 12.0 Å². The second-order valence-electron chi connectivity index (χ2n) is 5.13. The predicted octanol–water partition coefficient (Wildman–Crippen LogP) is 2.00. The van der Waals surface area contributed by atoms with Crippen molar-refractivity contribution in [3.05, 3.63) is 28.3 Å². The number of ether oxygens (including phenoxy) is 2. The molecule has 1 aromatic carbocycles. The van der Waals surface area contributed by atoms with Gasteiger partial charge in [0.2, 0.25) is 0 Å². The van der Waals surface area contributed by atoms with E-state index >= 15 is 0 Å². The molecule has 0 saturated carbocycles. The zero-order valence-electron chi connectivity index (χ0n) is 11.9. The van der Waals surface area contributed by atoms with E-state index in [0.29, 0.717) is 22.9 Å². The maximum atomic E-state index is 12.2. The van der Waals surface area contributed by atoms with Crippen molar-refractivity contribution in [3.63, 3.8) is 0 Å². The fourth-order valence-corrected chi connectivity index (χ4v) is 4.37. The van der Waals surface area contributed by atoms with Crippen LogP contribution in [-0.4, -0.2) is 33.9 Å². The number of rotatable bonds is 5. The summed E-state index contributed by atoms with van der Waals surface area (Å²) in [5.41, 5.74) is 1.47. The monoisotopic (exact) mass is 332 g/mol. The Morgan fingerprint density at radius 2 is 2.19 bits per heavy atom. The largest absolute Gasteiger partial charge is 0.493 e. The highest BCUT2D eigenvalue weighted by Gasteiger charge is 2.26. The Bertz CT molecular complexity index is 654. The smallest absolute Gasteiger partial charge is 0.309 e. The molecule has 1 atom stereocenters. The number of methoxy groups -OCH3 is 1. The molecule has 1 aliphatic rings. The lowest BCUT2D eigenvalue weighted by Crippen LogP contribution is -2.23. The molecule has 0 N–H and O–H groups in total. The summed E-state index contributed by atoms with van der Waals surface area (Å²) in [7, 11) is -2.23. The molecule has 21 heavy (non-hydrogen) atoms. The number of carbonyl (C=O) groups excluding carboxylic acids is 1. The van der Waals surface area contributed by atoms with Crippen LogP contribution in [0.25, 0.3) is 0 Å². The number of hydrogen-bond acceptors (Lipinski definition) is 5. The van der Waals surface area contributed by atoms with Crippen molar-refractivity contribution in [2.75, 3.05) is 19.5 Å². The lowest BCUT2D eigenvalue weighted by Gasteiger charge is -2.12. The first-order valence-corrected chi connectivity index (χ1v) is 8.74. The zero-order valence-corrected chi connectivity index (χ0v) is 13.5. The average molecular weight is 333 g/mol. The fourth-order valence-electron chi connectivity index (χ4n) is 2.40. The Balaban J connectivity index is 2.20. The molecular formula is C14H17ClO5S. The minimum atomic E-state index is -3.47. The predicted molar refractivity (Wildman–Crippen MR) is 79.3 cm³/mol. The molecule has 1 aromatic rings. The topological polar surface area (TPSA) is 69.7 Å². The van der Waals surface area contributed by atoms with Gasteiger partial charge in [-0.2, -0.15) is 0 Å². The van der Waals surface area contributed by atoms with Gasteiger partial charge in [-0.05, 0) is 17.7 Å². The third kappa shape index (κ3) is 3.89. The number of sulfone groups is 1. The van der Waals surface area contributed by atoms with Crippen molar-refractivity contribution >= 4 is 27.4 Å². The van der Waals surface area contributed by atoms with E-state index in [9.17, 15) is 13.2 Å². The van der Waals surface area contributed by atoms with Crippen LogP contribution in [-0.2, 0) is 31.5 Å². The van der Waals surface area contributed by atoms with Crippen molar-refractivity contribution in [1.82, 2.24) is 0 Å². The van der Waals surface area contributed by atoms with Gasteiger partial charge in [-0.25, -0.2) is 8.42 Å². The van der Waals surface area contributed by atoms with Gasteiger partial charge in [0.1, 0.15) is 5.75 Å². The number of esters is 1. The third-order valence-electron chi connectivity index (χ3n) is 3.31. The van der Waals surface area contributed by atoms with Crippen LogP contribution in [0.2, 0.25) is 5.02 Å². The van der Waals surface area contributed by atoms with Crippen molar-refractivity contribution in [2.24, 2.45) is 5.92 Å². The molecular weight excluding hydrogens is 316 g/mol. The highest BCUT2D eigenvalue weighted by atomic mass is 35.5. The number of benzene rings is 1. The number of hydrogen-bond donors (Lipinski definition) is 0. The molecule has 116 valence electrons. The summed E-state index contributed by atoms with van der Waals surface area (Å²) >= 11 is 6.01. The molecule has 7 heteroatoms. The summed E-state index contributed by atoms with van der Waals surface area (Å²) in [6.45, 7) is 2.06. The van der Waals surface area contributed by atoms with Crippen molar-refractivity contribution < 1.29 is 22.7 Å². The van der Waals surface area contributed by atoms with Crippen LogP contribution in [0.1, 0.15) is 18.1 Å². The minimum absolute atomic E-state index is 0.197. The fraction of sp³-hybridized carbons (Fsp3) is 0.500. The molecule has 1 heterocycles. The van der Waals surface area contributed by atoms with E-state index in [1.807, 2.05) is 0 Å². The minimum Gasteiger partial charge on any atom is -0.493 e. The Labute approximate surface area is 129 Å². The first-order valence-electron chi connectivity index (χ1n) is 6.55. The maximum absolute atomic E-state index is 12.2. The average Bonchev–Trinajstić information content (AvgIpc) is 2.84. The molecule has 0 saturated heterocycles. The Hall–Kier alpha value is -1.27. The lowest BCUT2D eigenvalue weighted by atomic mass is 10.1. The van der Waals surface area contributed by atoms with Gasteiger partial charge in [0.15, 0.2) is 9.84 Å². The van der Waals surface area contributed by atoms with Gasteiger partial charge in [-0.1, -0.05) is 18.5 Å². The summed E-state index contributed by atoms with van der Waals surface area (Å²) in [5.74, 6) is -1.09. The molecule has 5 nitrogen and oxygen atoms in total. The highest BCUT2D eigenvalue weighted by Crippen LogP contribution is 2.34. The van der Waals surface area contributed by atoms with Crippen LogP contribution in [0.4, 0.5) is 0 Å². The van der Waals surface area contributed by atoms with Crippen LogP contribution in [0.3, 0.4) is 0 Å². The van der Waals surface area contributed by atoms with E-state index in [-0.39, 0.29) is 11.5 Å². The SMILES string of the molecule is COC(=O)C(C)CS(=O)(=O)Cc1cc(Cl)cc2c1OCC2. The van der Waals surface area contributed by atoms with Crippen molar-refractivity contribution in [2.45, 2.75) is 19.1 Å². The van der Waals surface area contributed by atoms with Gasteiger partial charge in [0, 0.05) is 17.0 Å². The first kappa shape index (κ1) is 16.1. The molecule has 1 aliphatic heterocycles. The van der Waals surface area contributed by atoms with Gasteiger partial charge in [0.25, 0.3) is 0 Å². The number of carbonyl (C=O) groups is 1. The molecule has 0 aromatic heterocycles. The van der Waals surface area contributed by atoms with E-state index in [2.05, 4.69) is 4.74 Å². The van der Waals surface area contributed by atoms with Gasteiger partial charge in [-0.3, -0.25) is 4.79 Å². The van der Waals surface area contributed by atoms with E-state index in [1.54, 1.807) is 12.1 Å². The van der Waals surface area contributed by atoms with E-state index in [4.69, 9.17) is 16.3 Å². The van der Waals surface area contributed by atoms with Crippen LogP contribution in [0, 0.1) is 5.92 Å². The Kier molecular flexibility index (Phi) is 4.78. The first-order chi connectivity index (χ1) is 9.82. The molecule has 1 unspecified atom stereocenters. The summed E-state index contributed by atoms with van der Waals surface area (Å²) in [6, 6.07) is 3.39. The van der Waals surface area contributed by atoms with E-state index in [1.165, 1.54) is 14.0 Å². The summed E-state index contributed by atoms with van der Waals surface area (Å²) < 4.78 is 34.5. The molecule has 0 bridgehead atoms. The second kappa shape index (κ2) is 6.23. The molecule has 2 rings (SSSR count). The number of fused-ring (bicyclic) bond motifs is 1. The Morgan fingerprint density at radius 3 is 2.86 bits per heavy atom. The molecule has 0 amide bonds. The maximum Gasteiger partial charge on any atom is 0.309 e. The van der Waals surface area contributed by atoms with Crippen LogP contribution in [0.5, 0.6) is 5.75 Å².